The molecule has 1 fully saturated rings. The summed E-state index contributed by atoms with van der Waals surface area (Å²) in [5.41, 5.74) is 5.39. The number of rotatable bonds is 3. The van der Waals surface area contributed by atoms with Gasteiger partial charge in [0.25, 0.3) is 0 Å². The van der Waals surface area contributed by atoms with Crippen molar-refractivity contribution in [2.24, 2.45) is 11.7 Å². The van der Waals surface area contributed by atoms with Crippen LogP contribution in [0, 0.1) is 5.92 Å². The van der Waals surface area contributed by atoms with Crippen molar-refractivity contribution in [2.75, 3.05) is 19.6 Å². The summed E-state index contributed by atoms with van der Waals surface area (Å²) < 4.78 is 24.4. The van der Waals surface area contributed by atoms with Gasteiger partial charge < -0.3 is 5.73 Å². The van der Waals surface area contributed by atoms with E-state index in [4.69, 9.17) is 5.73 Å². The van der Waals surface area contributed by atoms with E-state index in [9.17, 15) is 8.42 Å². The topological polar surface area (TPSA) is 63.4 Å². The first-order chi connectivity index (χ1) is 5.48. The molecular formula is C7H17ClN2O2S. The Bertz CT molecular complexity index is 247. The molecule has 1 heterocycles. The molecule has 0 saturated carbocycles. The quantitative estimate of drug-likeness (QED) is 0.742. The van der Waals surface area contributed by atoms with Crippen LogP contribution in [-0.4, -0.2) is 37.6 Å². The van der Waals surface area contributed by atoms with Crippen LogP contribution in [-0.2, 0) is 10.0 Å². The van der Waals surface area contributed by atoms with Gasteiger partial charge in [-0.2, -0.15) is 0 Å². The summed E-state index contributed by atoms with van der Waals surface area (Å²) in [6.45, 7) is 5.20. The fourth-order valence-electron chi connectivity index (χ4n) is 1.18. The second-order valence-electron chi connectivity index (χ2n) is 3.51. The van der Waals surface area contributed by atoms with Gasteiger partial charge in [-0.1, -0.05) is 0 Å². The zero-order valence-electron chi connectivity index (χ0n) is 7.93. The lowest BCUT2D eigenvalue weighted by Crippen LogP contribution is -2.54. The van der Waals surface area contributed by atoms with Crippen LogP contribution in [0.1, 0.15) is 13.8 Å². The van der Waals surface area contributed by atoms with Gasteiger partial charge in [0, 0.05) is 13.1 Å². The Morgan fingerprint density at radius 3 is 2.23 bits per heavy atom. The molecule has 4 nitrogen and oxygen atoms in total. The summed E-state index contributed by atoms with van der Waals surface area (Å²) in [7, 11) is -3.01. The molecule has 0 aromatic carbocycles. The molecule has 1 saturated heterocycles. The van der Waals surface area contributed by atoms with Gasteiger partial charge >= 0.3 is 0 Å². The Labute approximate surface area is 85.9 Å². The Balaban J connectivity index is 0.00000144. The van der Waals surface area contributed by atoms with Crippen molar-refractivity contribution in [3.05, 3.63) is 0 Å². The molecular weight excluding hydrogens is 212 g/mol. The lowest BCUT2D eigenvalue weighted by Gasteiger charge is -2.38. The predicted octanol–water partition coefficient (Wildman–Crippen LogP) is 0.0369. The normalized spacial score (nSPS) is 19.7. The van der Waals surface area contributed by atoms with E-state index in [-0.39, 0.29) is 17.7 Å². The van der Waals surface area contributed by atoms with Crippen LogP contribution in [0.2, 0.25) is 0 Å². The van der Waals surface area contributed by atoms with Gasteiger partial charge in [-0.25, -0.2) is 12.7 Å². The molecule has 0 radical (unpaired) electrons. The Kier molecular flexibility index (Phi) is 4.65. The molecule has 0 spiro atoms. The van der Waals surface area contributed by atoms with Crippen molar-refractivity contribution in [2.45, 2.75) is 19.1 Å². The predicted molar refractivity (Wildman–Crippen MR) is 55.4 cm³/mol. The molecule has 2 N–H and O–H groups in total. The second kappa shape index (κ2) is 4.59. The minimum absolute atomic E-state index is 0. The molecule has 0 bridgehead atoms. The number of sulfonamides is 1. The number of nitrogens with zero attached hydrogens (tertiary/aromatic N) is 1. The van der Waals surface area contributed by atoms with Crippen LogP contribution in [0.15, 0.2) is 0 Å². The number of halogens is 1. The molecule has 0 amide bonds. The number of nitrogens with two attached hydrogens (primary N) is 1. The van der Waals surface area contributed by atoms with Crippen LogP contribution in [0.4, 0.5) is 0 Å². The number of hydrogen-bond acceptors (Lipinski definition) is 3. The van der Waals surface area contributed by atoms with Crippen LogP contribution in [0.25, 0.3) is 0 Å². The third-order valence-electron chi connectivity index (χ3n) is 2.21. The first-order valence-electron chi connectivity index (χ1n) is 4.17. The van der Waals surface area contributed by atoms with Crippen LogP contribution >= 0.6 is 12.4 Å². The van der Waals surface area contributed by atoms with Gasteiger partial charge in [-0.3, -0.25) is 0 Å². The van der Waals surface area contributed by atoms with E-state index in [0.717, 1.165) is 0 Å². The minimum Gasteiger partial charge on any atom is -0.330 e. The molecule has 0 atom stereocenters. The SMILES string of the molecule is CC(C)S(=O)(=O)N1CC(CN)C1.Cl. The molecule has 80 valence electrons. The van der Waals surface area contributed by atoms with Crippen LogP contribution in [0.5, 0.6) is 0 Å². The minimum atomic E-state index is -3.01. The van der Waals surface area contributed by atoms with Gasteiger partial charge in [-0.15, -0.1) is 12.4 Å². The summed E-state index contributed by atoms with van der Waals surface area (Å²) in [4.78, 5) is 0. The number of hydrogen-bond donors (Lipinski definition) is 1. The van der Waals surface area contributed by atoms with Gasteiger partial charge in [0.05, 0.1) is 5.25 Å². The maximum Gasteiger partial charge on any atom is 0.216 e. The highest BCUT2D eigenvalue weighted by atomic mass is 35.5. The van der Waals surface area contributed by atoms with Gasteiger partial charge in [0.15, 0.2) is 0 Å². The van der Waals surface area contributed by atoms with E-state index in [1.807, 2.05) is 0 Å². The van der Waals surface area contributed by atoms with E-state index < -0.39 is 10.0 Å². The lowest BCUT2D eigenvalue weighted by molar-refractivity contribution is 0.206. The molecule has 1 rings (SSSR count). The van der Waals surface area contributed by atoms with Crippen molar-refractivity contribution in [1.82, 2.24) is 4.31 Å². The maximum atomic E-state index is 11.5. The molecule has 13 heavy (non-hydrogen) atoms. The highest BCUT2D eigenvalue weighted by Gasteiger charge is 2.36. The molecule has 6 heteroatoms. The summed E-state index contributed by atoms with van der Waals surface area (Å²) >= 11 is 0. The molecule has 0 aliphatic carbocycles. The summed E-state index contributed by atoms with van der Waals surface area (Å²) in [5, 5.41) is -0.309. The molecule has 0 aromatic heterocycles. The Morgan fingerprint density at radius 1 is 1.46 bits per heavy atom. The fraction of sp³-hybridized carbons (Fsp3) is 1.00. The zero-order chi connectivity index (χ0) is 9.35. The first-order valence-corrected chi connectivity index (χ1v) is 5.67. The highest BCUT2D eigenvalue weighted by molar-refractivity contribution is 7.89. The van der Waals surface area contributed by atoms with E-state index in [1.165, 1.54) is 4.31 Å². The highest BCUT2D eigenvalue weighted by Crippen LogP contribution is 2.20. The molecule has 0 aromatic rings. The van der Waals surface area contributed by atoms with Gasteiger partial charge in [0.2, 0.25) is 10.0 Å². The third-order valence-corrected chi connectivity index (χ3v) is 4.42. The van der Waals surface area contributed by atoms with Crippen molar-refractivity contribution < 1.29 is 8.42 Å². The zero-order valence-corrected chi connectivity index (χ0v) is 9.57. The summed E-state index contributed by atoms with van der Waals surface area (Å²) in [5.74, 6) is 0.374. The largest absolute Gasteiger partial charge is 0.330 e. The standard InChI is InChI=1S/C7H16N2O2S.ClH/c1-6(2)12(10,11)9-4-7(3-8)5-9;/h6-7H,3-5,8H2,1-2H3;1H. The van der Waals surface area contributed by atoms with E-state index in [2.05, 4.69) is 0 Å². The van der Waals surface area contributed by atoms with Gasteiger partial charge in [0.1, 0.15) is 0 Å². The Morgan fingerprint density at radius 2 is 1.92 bits per heavy atom. The fourth-order valence-corrected chi connectivity index (χ4v) is 2.61. The molecule has 1 aliphatic rings. The maximum absolute atomic E-state index is 11.5. The van der Waals surface area contributed by atoms with Crippen molar-refractivity contribution >= 4 is 22.4 Å². The van der Waals surface area contributed by atoms with Crippen LogP contribution in [0.3, 0.4) is 0 Å². The third kappa shape index (κ3) is 2.56. The smallest absolute Gasteiger partial charge is 0.216 e. The summed E-state index contributed by atoms with van der Waals surface area (Å²) in [6, 6.07) is 0. The van der Waals surface area contributed by atoms with E-state index in [1.54, 1.807) is 13.8 Å². The summed E-state index contributed by atoms with van der Waals surface area (Å²) in [6.07, 6.45) is 0. The lowest BCUT2D eigenvalue weighted by atomic mass is 10.0. The second-order valence-corrected chi connectivity index (χ2v) is 6.00. The molecule has 1 aliphatic heterocycles. The average molecular weight is 229 g/mol. The van der Waals surface area contributed by atoms with E-state index in [0.29, 0.717) is 25.6 Å². The van der Waals surface area contributed by atoms with Crippen molar-refractivity contribution in [3.8, 4) is 0 Å². The van der Waals surface area contributed by atoms with Crippen molar-refractivity contribution in [3.63, 3.8) is 0 Å². The van der Waals surface area contributed by atoms with E-state index >= 15 is 0 Å². The Hall–Kier alpha value is 0.160. The monoisotopic (exact) mass is 228 g/mol. The molecule has 0 unspecified atom stereocenters. The van der Waals surface area contributed by atoms with Crippen LogP contribution < -0.4 is 5.73 Å². The van der Waals surface area contributed by atoms with Crippen molar-refractivity contribution in [1.29, 1.82) is 0 Å². The average Bonchev–Trinajstić information content (AvgIpc) is 1.84. The van der Waals surface area contributed by atoms with Gasteiger partial charge in [-0.05, 0) is 26.3 Å². The first kappa shape index (κ1) is 13.2.